The lowest BCUT2D eigenvalue weighted by Crippen LogP contribution is -2.44. The minimum absolute atomic E-state index is 0.149. The Morgan fingerprint density at radius 2 is 1.75 bits per heavy atom. The molecular weight excluding hydrogens is 359 g/mol. The number of fused-ring (bicyclic) bond motifs is 2. The first kappa shape index (κ1) is 16.9. The second-order valence-corrected chi connectivity index (χ2v) is 7.15. The first-order chi connectivity index (χ1) is 13.6. The topological polar surface area (TPSA) is 80.9 Å². The van der Waals surface area contributed by atoms with Gasteiger partial charge in [0.05, 0.1) is 22.1 Å². The van der Waals surface area contributed by atoms with Gasteiger partial charge >= 0.3 is 0 Å². The van der Waals surface area contributed by atoms with Gasteiger partial charge in [0.2, 0.25) is 0 Å². The van der Waals surface area contributed by atoms with Gasteiger partial charge in [0.15, 0.2) is 11.5 Å². The van der Waals surface area contributed by atoms with Gasteiger partial charge in [0.25, 0.3) is 5.56 Å². The second-order valence-electron chi connectivity index (χ2n) is 7.15. The average Bonchev–Trinajstić information content (AvgIpc) is 3.11. The summed E-state index contributed by atoms with van der Waals surface area (Å²) in [6.45, 7) is 4.00. The largest absolute Gasteiger partial charge is 0.369 e. The van der Waals surface area contributed by atoms with Crippen LogP contribution in [0.5, 0.6) is 0 Å². The highest BCUT2D eigenvalue weighted by Crippen LogP contribution is 2.24. The number of nitrogens with one attached hydrogen (secondary N) is 2. The summed E-state index contributed by atoms with van der Waals surface area (Å²) in [5.41, 5.74) is 3.38. The zero-order valence-corrected chi connectivity index (χ0v) is 15.4. The van der Waals surface area contributed by atoms with Crippen molar-refractivity contribution >= 4 is 27.8 Å². The van der Waals surface area contributed by atoms with E-state index in [1.807, 2.05) is 18.2 Å². The lowest BCUT2D eigenvalue weighted by Gasteiger charge is -2.34. The highest BCUT2D eigenvalue weighted by atomic mass is 19.1. The van der Waals surface area contributed by atoms with Crippen LogP contribution in [0.25, 0.3) is 33.6 Å². The van der Waals surface area contributed by atoms with Gasteiger partial charge in [-0.25, -0.2) is 14.4 Å². The molecule has 0 radical (unpaired) electrons. The van der Waals surface area contributed by atoms with E-state index >= 15 is 0 Å². The smallest absolute Gasteiger partial charge is 0.278 e. The van der Waals surface area contributed by atoms with Crippen LogP contribution in [0, 0.1) is 5.82 Å². The molecule has 0 unspecified atom stereocenters. The van der Waals surface area contributed by atoms with Crippen LogP contribution in [0.3, 0.4) is 0 Å². The Balaban J connectivity index is 1.55. The van der Waals surface area contributed by atoms with Gasteiger partial charge in [0.1, 0.15) is 5.82 Å². The van der Waals surface area contributed by atoms with Crippen molar-refractivity contribution in [1.29, 1.82) is 0 Å². The number of hydrogen-bond donors (Lipinski definition) is 2. The molecule has 2 aromatic carbocycles. The predicted molar refractivity (Wildman–Crippen MR) is 107 cm³/mol. The fraction of sp³-hybridized carbons (Fsp3) is 0.250. The molecule has 1 aliphatic heterocycles. The summed E-state index contributed by atoms with van der Waals surface area (Å²) in [6.07, 6.45) is 0. The summed E-state index contributed by atoms with van der Waals surface area (Å²) in [7, 11) is 2.13. The van der Waals surface area contributed by atoms with E-state index < -0.39 is 5.82 Å². The van der Waals surface area contributed by atoms with Crippen molar-refractivity contribution in [2.45, 2.75) is 0 Å². The molecule has 0 spiro atoms. The van der Waals surface area contributed by atoms with E-state index in [0.29, 0.717) is 16.9 Å². The lowest BCUT2D eigenvalue weighted by molar-refractivity contribution is 0.313. The lowest BCUT2D eigenvalue weighted by atomic mass is 10.2. The summed E-state index contributed by atoms with van der Waals surface area (Å²) in [4.78, 5) is 31.9. The Hall–Kier alpha value is -3.26. The molecule has 1 saturated heterocycles. The second kappa shape index (κ2) is 6.42. The maximum atomic E-state index is 13.5. The number of aromatic amines is 2. The van der Waals surface area contributed by atoms with Crippen molar-refractivity contribution in [2.24, 2.45) is 0 Å². The monoisotopic (exact) mass is 378 g/mol. The zero-order valence-electron chi connectivity index (χ0n) is 15.4. The fourth-order valence-corrected chi connectivity index (χ4v) is 3.59. The third-order valence-corrected chi connectivity index (χ3v) is 5.21. The van der Waals surface area contributed by atoms with Gasteiger partial charge in [-0.2, -0.15) is 0 Å². The highest BCUT2D eigenvalue weighted by Gasteiger charge is 2.17. The number of rotatable bonds is 2. The van der Waals surface area contributed by atoms with Crippen molar-refractivity contribution in [3.63, 3.8) is 0 Å². The molecule has 0 atom stereocenters. The van der Waals surface area contributed by atoms with Gasteiger partial charge in [0, 0.05) is 37.9 Å². The Bertz CT molecular complexity index is 1240. The van der Waals surface area contributed by atoms with Crippen LogP contribution in [0.2, 0.25) is 0 Å². The number of benzene rings is 2. The van der Waals surface area contributed by atoms with E-state index in [1.54, 1.807) is 0 Å². The zero-order chi connectivity index (χ0) is 19.3. The van der Waals surface area contributed by atoms with E-state index in [-0.39, 0.29) is 11.3 Å². The van der Waals surface area contributed by atoms with E-state index in [1.165, 1.54) is 18.2 Å². The molecule has 3 heterocycles. The fourth-order valence-electron chi connectivity index (χ4n) is 3.59. The third kappa shape index (κ3) is 2.91. The van der Waals surface area contributed by atoms with Crippen molar-refractivity contribution in [1.82, 2.24) is 24.8 Å². The number of imidazole rings is 1. The molecule has 2 N–H and O–H groups in total. The van der Waals surface area contributed by atoms with Crippen LogP contribution in [0.15, 0.2) is 41.2 Å². The van der Waals surface area contributed by atoms with Crippen LogP contribution < -0.4 is 10.5 Å². The van der Waals surface area contributed by atoms with Gasteiger partial charge in [-0.15, -0.1) is 0 Å². The van der Waals surface area contributed by atoms with Gasteiger partial charge in [-0.3, -0.25) is 4.79 Å². The third-order valence-electron chi connectivity index (χ3n) is 5.21. The summed E-state index contributed by atoms with van der Waals surface area (Å²) in [5.74, 6) is -0.0302. The molecule has 7 nitrogen and oxygen atoms in total. The summed E-state index contributed by atoms with van der Waals surface area (Å²) in [5, 5.41) is 0. The molecule has 0 saturated carbocycles. The highest BCUT2D eigenvalue weighted by molar-refractivity contribution is 5.83. The predicted octanol–water partition coefficient (Wildman–Crippen LogP) is 2.36. The molecule has 1 fully saturated rings. The Labute approximate surface area is 159 Å². The molecule has 8 heteroatoms. The summed E-state index contributed by atoms with van der Waals surface area (Å²) in [6, 6.07) is 10.1. The molecular formula is C20H19FN6O. The Morgan fingerprint density at radius 3 is 2.57 bits per heavy atom. The van der Waals surface area contributed by atoms with Crippen molar-refractivity contribution in [2.75, 3.05) is 38.1 Å². The number of aromatic nitrogens is 4. The van der Waals surface area contributed by atoms with Gasteiger partial charge in [-0.1, -0.05) is 0 Å². The number of H-pyrrole nitrogens is 2. The van der Waals surface area contributed by atoms with Crippen molar-refractivity contribution < 1.29 is 4.39 Å². The Morgan fingerprint density at radius 1 is 0.929 bits per heavy atom. The maximum Gasteiger partial charge on any atom is 0.278 e. The first-order valence-electron chi connectivity index (χ1n) is 9.20. The van der Waals surface area contributed by atoms with E-state index in [9.17, 15) is 9.18 Å². The average molecular weight is 378 g/mol. The van der Waals surface area contributed by atoms with Gasteiger partial charge < -0.3 is 19.8 Å². The summed E-state index contributed by atoms with van der Waals surface area (Å²) >= 11 is 0. The minimum atomic E-state index is -0.403. The molecule has 2 aromatic heterocycles. The Kier molecular flexibility index (Phi) is 3.87. The first-order valence-corrected chi connectivity index (χ1v) is 9.20. The van der Waals surface area contributed by atoms with Crippen molar-refractivity contribution in [3.8, 4) is 11.5 Å². The van der Waals surface area contributed by atoms with Crippen LogP contribution in [0.1, 0.15) is 0 Å². The molecule has 28 heavy (non-hydrogen) atoms. The number of nitrogens with zero attached hydrogens (tertiary/aromatic N) is 4. The SMILES string of the molecule is CN1CCN(c2ccc3nc(-c4nc5cc(F)ccc5[nH]c4=O)[nH]c3c2)CC1. The molecule has 0 amide bonds. The number of likely N-dealkylation sites (N-methyl/N-ethyl adjacent to an activating group) is 1. The van der Waals surface area contributed by atoms with E-state index in [4.69, 9.17) is 0 Å². The van der Waals surface area contributed by atoms with Crippen LogP contribution >= 0.6 is 0 Å². The number of hydrogen-bond acceptors (Lipinski definition) is 5. The normalized spacial score (nSPS) is 15.6. The summed E-state index contributed by atoms with van der Waals surface area (Å²) < 4.78 is 13.5. The van der Waals surface area contributed by atoms with E-state index in [2.05, 4.69) is 36.8 Å². The van der Waals surface area contributed by atoms with Gasteiger partial charge in [-0.05, 0) is 37.4 Å². The molecule has 0 bridgehead atoms. The van der Waals surface area contributed by atoms with Crippen LogP contribution in [0.4, 0.5) is 10.1 Å². The molecule has 4 aromatic rings. The van der Waals surface area contributed by atoms with Crippen molar-refractivity contribution in [3.05, 3.63) is 52.6 Å². The van der Waals surface area contributed by atoms with E-state index in [0.717, 1.165) is 42.9 Å². The molecule has 0 aliphatic carbocycles. The standard InChI is InChI=1S/C20H19FN6O/c1-26-6-8-27(9-7-26)13-3-5-14-17(11-13)24-19(23-14)18-20(28)25-15-4-2-12(21)10-16(15)22-18/h2-5,10-11H,6-9H2,1H3,(H,23,24)(H,25,28). The number of halogens is 1. The maximum absolute atomic E-state index is 13.5. The minimum Gasteiger partial charge on any atom is -0.369 e. The number of anilines is 1. The molecule has 1 aliphatic rings. The number of piperazine rings is 1. The molecule has 5 rings (SSSR count). The van der Waals surface area contributed by atoms with Crippen LogP contribution in [-0.4, -0.2) is 58.1 Å². The molecule has 142 valence electrons. The quantitative estimate of drug-likeness (QED) is 0.560. The van der Waals surface area contributed by atoms with Crippen LogP contribution in [-0.2, 0) is 0 Å².